The third kappa shape index (κ3) is 3.88. The Balaban J connectivity index is 0.00000182. The number of nitrogens with two attached hydrogens (primary N) is 1. The maximum atomic E-state index is 12.7. The van der Waals surface area contributed by atoms with E-state index in [2.05, 4.69) is 31.6 Å². The molecule has 0 saturated heterocycles. The van der Waals surface area contributed by atoms with Crippen LogP contribution < -0.4 is 11.1 Å². The number of rotatable bonds is 6. The Bertz CT molecular complexity index is 755. The highest BCUT2D eigenvalue weighted by molar-refractivity contribution is 9.10. The van der Waals surface area contributed by atoms with Gasteiger partial charge in [0.2, 0.25) is 0 Å². The van der Waals surface area contributed by atoms with E-state index in [4.69, 9.17) is 5.73 Å². The van der Waals surface area contributed by atoms with Crippen molar-refractivity contribution in [2.45, 2.75) is 37.6 Å². The van der Waals surface area contributed by atoms with Crippen LogP contribution in [-0.4, -0.2) is 33.5 Å². The second kappa shape index (κ2) is 7.43. The maximum absolute atomic E-state index is 12.7. The van der Waals surface area contributed by atoms with Crippen LogP contribution in [-0.2, 0) is 0 Å². The predicted molar refractivity (Wildman–Crippen MR) is 101 cm³/mol. The Labute approximate surface area is 161 Å². The van der Waals surface area contributed by atoms with E-state index in [9.17, 15) is 4.79 Å². The van der Waals surface area contributed by atoms with Crippen LogP contribution in [0.25, 0.3) is 5.69 Å². The maximum Gasteiger partial charge on any atom is 0.274 e. The van der Waals surface area contributed by atoms with Gasteiger partial charge in [0.1, 0.15) is 0 Å². The Morgan fingerprint density at radius 2 is 1.96 bits per heavy atom. The number of hydrogen-bond donors (Lipinski definition) is 2. The molecular weight excluding hydrogens is 406 g/mol. The summed E-state index contributed by atoms with van der Waals surface area (Å²) >= 11 is 3.44. The molecule has 4 rings (SSSR count). The Morgan fingerprint density at radius 1 is 1.28 bits per heavy atom. The van der Waals surface area contributed by atoms with Crippen LogP contribution in [0.3, 0.4) is 0 Å². The lowest BCUT2D eigenvalue weighted by Crippen LogP contribution is -2.42. The quantitative estimate of drug-likeness (QED) is 0.744. The van der Waals surface area contributed by atoms with Gasteiger partial charge in [-0.1, -0.05) is 21.1 Å². The fourth-order valence-corrected chi connectivity index (χ4v) is 3.32. The van der Waals surface area contributed by atoms with Crippen LogP contribution in [0.2, 0.25) is 0 Å². The zero-order valence-corrected chi connectivity index (χ0v) is 16.1. The van der Waals surface area contributed by atoms with Crippen LogP contribution in [0.4, 0.5) is 0 Å². The molecule has 0 bridgehead atoms. The molecule has 2 fully saturated rings. The number of carbonyl (C=O) groups excluding carboxylic acids is 1. The molecule has 2 aliphatic rings. The van der Waals surface area contributed by atoms with Crippen molar-refractivity contribution in [2.75, 3.05) is 6.54 Å². The molecule has 25 heavy (non-hydrogen) atoms. The molecule has 0 aliphatic heterocycles. The van der Waals surface area contributed by atoms with Gasteiger partial charge in [0.25, 0.3) is 5.91 Å². The lowest BCUT2D eigenvalue weighted by atomic mass is 10.1. The van der Waals surface area contributed by atoms with E-state index < -0.39 is 0 Å². The van der Waals surface area contributed by atoms with E-state index in [0.717, 1.165) is 41.5 Å². The van der Waals surface area contributed by atoms with Crippen LogP contribution in [0.1, 0.15) is 47.8 Å². The molecule has 1 atom stereocenters. The summed E-state index contributed by atoms with van der Waals surface area (Å²) in [6.07, 6.45) is 4.44. The number of carbonyl (C=O) groups is 1. The summed E-state index contributed by atoms with van der Waals surface area (Å²) < 4.78 is 2.81. The highest BCUT2D eigenvalue weighted by atomic mass is 79.9. The SMILES string of the molecule is Cl.NCC(NC(=O)c1nnn(-c2ccc(Br)cc2)c1C1CC1)C1CC1. The third-order valence-corrected chi connectivity index (χ3v) is 5.25. The zero-order valence-electron chi connectivity index (χ0n) is 13.7. The van der Waals surface area contributed by atoms with Gasteiger partial charge in [0, 0.05) is 23.0 Å². The largest absolute Gasteiger partial charge is 0.346 e. The molecule has 8 heteroatoms. The lowest BCUT2D eigenvalue weighted by molar-refractivity contribution is 0.0927. The molecule has 3 N–H and O–H groups in total. The van der Waals surface area contributed by atoms with Gasteiger partial charge in [-0.05, 0) is 55.9 Å². The highest BCUT2D eigenvalue weighted by Crippen LogP contribution is 2.42. The standard InChI is InChI=1S/C17H20BrN5O.ClH/c18-12-5-7-13(8-6-12)23-16(11-3-4-11)15(21-22-23)17(24)20-14(9-19)10-1-2-10;/h5-8,10-11,14H,1-4,9,19H2,(H,20,24);1H. The van der Waals surface area contributed by atoms with Gasteiger partial charge in [-0.15, -0.1) is 17.5 Å². The van der Waals surface area contributed by atoms with E-state index in [1.165, 1.54) is 0 Å². The summed E-state index contributed by atoms with van der Waals surface area (Å²) in [5.41, 5.74) is 8.08. The minimum absolute atomic E-state index is 0. The van der Waals surface area contributed by atoms with Gasteiger partial charge in [0.05, 0.1) is 11.4 Å². The van der Waals surface area contributed by atoms with Crippen molar-refractivity contribution in [3.8, 4) is 5.69 Å². The molecule has 6 nitrogen and oxygen atoms in total. The highest BCUT2D eigenvalue weighted by Gasteiger charge is 2.36. The van der Waals surface area contributed by atoms with Crippen molar-refractivity contribution in [3.63, 3.8) is 0 Å². The fraction of sp³-hybridized carbons (Fsp3) is 0.471. The number of nitrogens with one attached hydrogen (secondary N) is 1. The first-order valence-corrected chi connectivity index (χ1v) is 9.19. The van der Waals surface area contributed by atoms with Crippen molar-refractivity contribution >= 4 is 34.2 Å². The summed E-state index contributed by atoms with van der Waals surface area (Å²) in [5.74, 6) is 0.731. The Kier molecular flexibility index (Phi) is 5.46. The number of aromatic nitrogens is 3. The van der Waals surface area contributed by atoms with Crippen molar-refractivity contribution in [1.82, 2.24) is 20.3 Å². The smallest absolute Gasteiger partial charge is 0.274 e. The molecule has 2 aromatic rings. The lowest BCUT2D eigenvalue weighted by Gasteiger charge is -2.15. The number of benzene rings is 1. The van der Waals surface area contributed by atoms with Gasteiger partial charge in [0.15, 0.2) is 5.69 Å². The van der Waals surface area contributed by atoms with E-state index >= 15 is 0 Å². The van der Waals surface area contributed by atoms with Gasteiger partial charge in [-0.3, -0.25) is 4.79 Å². The molecule has 2 saturated carbocycles. The topological polar surface area (TPSA) is 85.8 Å². The zero-order chi connectivity index (χ0) is 16.7. The summed E-state index contributed by atoms with van der Waals surface area (Å²) in [6.45, 7) is 0.468. The van der Waals surface area contributed by atoms with Gasteiger partial charge in [-0.25, -0.2) is 4.68 Å². The average Bonchev–Trinajstić information content (AvgIpc) is 3.51. The van der Waals surface area contributed by atoms with Gasteiger partial charge < -0.3 is 11.1 Å². The molecule has 1 amide bonds. The summed E-state index contributed by atoms with van der Waals surface area (Å²) in [7, 11) is 0. The second-order valence-electron chi connectivity index (χ2n) is 6.64. The number of halogens is 2. The van der Waals surface area contributed by atoms with Crippen molar-refractivity contribution in [1.29, 1.82) is 0 Å². The fourth-order valence-electron chi connectivity index (χ4n) is 3.05. The number of amides is 1. The summed E-state index contributed by atoms with van der Waals surface area (Å²) in [5, 5.41) is 11.5. The molecule has 1 unspecified atom stereocenters. The number of hydrogen-bond acceptors (Lipinski definition) is 4. The Morgan fingerprint density at radius 3 is 2.52 bits per heavy atom. The molecule has 2 aliphatic carbocycles. The van der Waals surface area contributed by atoms with Crippen LogP contribution in [0.5, 0.6) is 0 Å². The second-order valence-corrected chi connectivity index (χ2v) is 7.55. The minimum atomic E-state index is -0.150. The first-order valence-electron chi connectivity index (χ1n) is 8.40. The molecule has 1 aromatic carbocycles. The van der Waals surface area contributed by atoms with Gasteiger partial charge in [-0.2, -0.15) is 0 Å². The van der Waals surface area contributed by atoms with E-state index in [1.807, 2.05) is 24.3 Å². The molecule has 1 aromatic heterocycles. The van der Waals surface area contributed by atoms with Crippen LogP contribution in [0.15, 0.2) is 28.7 Å². The van der Waals surface area contributed by atoms with Crippen LogP contribution >= 0.6 is 28.3 Å². The summed E-state index contributed by atoms with van der Waals surface area (Å²) in [6, 6.07) is 7.91. The van der Waals surface area contributed by atoms with Crippen molar-refractivity contribution < 1.29 is 4.79 Å². The minimum Gasteiger partial charge on any atom is -0.346 e. The number of nitrogens with zero attached hydrogens (tertiary/aromatic N) is 3. The Hall–Kier alpha value is -1.44. The first-order chi connectivity index (χ1) is 11.7. The molecule has 134 valence electrons. The summed E-state index contributed by atoms with van der Waals surface area (Å²) in [4.78, 5) is 12.7. The third-order valence-electron chi connectivity index (χ3n) is 4.72. The monoisotopic (exact) mass is 425 g/mol. The van der Waals surface area contributed by atoms with E-state index in [-0.39, 0.29) is 24.4 Å². The normalized spacial score (nSPS) is 17.7. The predicted octanol–water partition coefficient (Wildman–Crippen LogP) is 2.80. The molecule has 0 radical (unpaired) electrons. The van der Waals surface area contributed by atoms with Crippen molar-refractivity contribution in [3.05, 3.63) is 40.1 Å². The van der Waals surface area contributed by atoms with Crippen molar-refractivity contribution in [2.24, 2.45) is 11.7 Å². The van der Waals surface area contributed by atoms with E-state index in [1.54, 1.807) is 4.68 Å². The van der Waals surface area contributed by atoms with E-state index in [0.29, 0.717) is 24.1 Å². The van der Waals surface area contributed by atoms with Crippen LogP contribution in [0, 0.1) is 5.92 Å². The molecular formula is C17H21BrClN5O. The average molecular weight is 427 g/mol. The first kappa shape index (κ1) is 18.4. The molecule has 0 spiro atoms. The molecule has 1 heterocycles. The van der Waals surface area contributed by atoms with Gasteiger partial charge >= 0.3 is 0 Å².